The molecule has 128 valence electrons. The van der Waals surface area contributed by atoms with E-state index in [9.17, 15) is 4.79 Å². The Balaban J connectivity index is 1.48. The SMILES string of the molecule is Cn1cccc1C(=O)N[C@@H]1CN(Cc2cccs2)[C@@H]2CCCO[C@@H]21. The van der Waals surface area contributed by atoms with Crippen molar-refractivity contribution in [2.75, 3.05) is 13.2 Å². The van der Waals surface area contributed by atoms with E-state index in [1.54, 1.807) is 11.3 Å². The van der Waals surface area contributed by atoms with Gasteiger partial charge in [0, 0.05) is 43.9 Å². The first-order valence-corrected chi connectivity index (χ1v) is 9.40. The number of ether oxygens (including phenoxy) is 1. The van der Waals surface area contributed by atoms with E-state index in [0.29, 0.717) is 11.7 Å². The number of carbonyl (C=O) groups is 1. The smallest absolute Gasteiger partial charge is 0.268 e. The first-order valence-electron chi connectivity index (χ1n) is 8.52. The molecule has 4 rings (SSSR count). The van der Waals surface area contributed by atoms with Crippen LogP contribution < -0.4 is 5.32 Å². The summed E-state index contributed by atoms with van der Waals surface area (Å²) >= 11 is 1.79. The molecule has 0 spiro atoms. The second-order valence-electron chi connectivity index (χ2n) is 6.64. The fourth-order valence-corrected chi connectivity index (χ4v) is 4.63. The van der Waals surface area contributed by atoms with E-state index < -0.39 is 0 Å². The lowest BCUT2D eigenvalue weighted by Crippen LogP contribution is -2.47. The molecule has 2 aliphatic rings. The summed E-state index contributed by atoms with van der Waals surface area (Å²) < 4.78 is 7.91. The highest BCUT2D eigenvalue weighted by Crippen LogP contribution is 2.31. The third kappa shape index (κ3) is 3.01. The Bertz CT molecular complexity index is 697. The van der Waals surface area contributed by atoms with Gasteiger partial charge in [-0.1, -0.05) is 6.07 Å². The van der Waals surface area contributed by atoms with Gasteiger partial charge in [-0.2, -0.15) is 0 Å². The minimum absolute atomic E-state index is 0.0154. The highest BCUT2D eigenvalue weighted by atomic mass is 32.1. The van der Waals surface area contributed by atoms with Gasteiger partial charge in [-0.25, -0.2) is 0 Å². The number of fused-ring (bicyclic) bond motifs is 1. The predicted octanol–water partition coefficient (Wildman–Crippen LogP) is 2.25. The van der Waals surface area contributed by atoms with Crippen molar-refractivity contribution >= 4 is 17.2 Å². The molecule has 2 aromatic heterocycles. The fraction of sp³-hybridized carbons (Fsp3) is 0.500. The Hall–Kier alpha value is -1.63. The van der Waals surface area contributed by atoms with Gasteiger partial charge in [0.2, 0.25) is 0 Å². The largest absolute Gasteiger partial charge is 0.374 e. The summed E-state index contributed by atoms with van der Waals surface area (Å²) in [7, 11) is 1.90. The standard InChI is InChI=1S/C18H23N3O2S/c1-20-8-2-6-16(20)18(22)19-14-12-21(11-13-5-4-10-24-13)15-7-3-9-23-17(14)15/h2,4-6,8,10,14-15,17H,3,7,9,11-12H2,1H3,(H,19,22)/t14-,15-,17-/m1/s1. The predicted molar refractivity (Wildman–Crippen MR) is 94.2 cm³/mol. The van der Waals surface area contributed by atoms with Gasteiger partial charge in [0.25, 0.3) is 5.91 Å². The van der Waals surface area contributed by atoms with Crippen LogP contribution in [-0.4, -0.2) is 46.7 Å². The molecule has 5 nitrogen and oxygen atoms in total. The van der Waals surface area contributed by atoms with E-state index in [4.69, 9.17) is 4.74 Å². The Kier molecular flexibility index (Phi) is 4.43. The van der Waals surface area contributed by atoms with E-state index in [1.807, 2.05) is 29.9 Å². The molecule has 0 radical (unpaired) electrons. The number of hydrogen-bond donors (Lipinski definition) is 1. The average molecular weight is 345 g/mol. The number of aromatic nitrogens is 1. The number of nitrogens with zero attached hydrogens (tertiary/aromatic N) is 2. The molecule has 24 heavy (non-hydrogen) atoms. The van der Waals surface area contributed by atoms with Crippen molar-refractivity contribution in [3.05, 3.63) is 46.4 Å². The number of likely N-dealkylation sites (tertiary alicyclic amines) is 1. The minimum atomic E-state index is -0.0154. The van der Waals surface area contributed by atoms with E-state index in [-0.39, 0.29) is 18.1 Å². The van der Waals surface area contributed by atoms with Crippen LogP contribution in [0.25, 0.3) is 0 Å². The van der Waals surface area contributed by atoms with Crippen LogP contribution in [0.1, 0.15) is 28.2 Å². The maximum atomic E-state index is 12.6. The van der Waals surface area contributed by atoms with E-state index >= 15 is 0 Å². The molecule has 2 aromatic rings. The molecule has 4 heterocycles. The lowest BCUT2D eigenvalue weighted by atomic mass is 10.0. The Morgan fingerprint density at radius 1 is 1.42 bits per heavy atom. The number of carbonyl (C=O) groups excluding carboxylic acids is 1. The van der Waals surface area contributed by atoms with E-state index in [0.717, 1.165) is 32.5 Å². The molecule has 0 aromatic carbocycles. The molecule has 0 saturated carbocycles. The van der Waals surface area contributed by atoms with Gasteiger partial charge in [0.15, 0.2) is 0 Å². The molecule has 6 heteroatoms. The first-order chi connectivity index (χ1) is 11.7. The van der Waals surface area contributed by atoms with Gasteiger partial charge in [-0.15, -0.1) is 11.3 Å². The Morgan fingerprint density at radius 2 is 2.33 bits per heavy atom. The third-order valence-corrected chi connectivity index (χ3v) is 5.92. The van der Waals surface area contributed by atoms with Gasteiger partial charge >= 0.3 is 0 Å². The van der Waals surface area contributed by atoms with Crippen molar-refractivity contribution in [2.24, 2.45) is 7.05 Å². The first kappa shape index (κ1) is 15.9. The third-order valence-electron chi connectivity index (χ3n) is 5.06. The maximum absolute atomic E-state index is 12.6. The molecule has 0 unspecified atom stereocenters. The van der Waals surface area contributed by atoms with Crippen LogP contribution in [0.4, 0.5) is 0 Å². The summed E-state index contributed by atoms with van der Waals surface area (Å²) in [5.74, 6) is -0.0154. The number of thiophene rings is 1. The summed E-state index contributed by atoms with van der Waals surface area (Å²) in [4.78, 5) is 16.4. The van der Waals surface area contributed by atoms with Gasteiger partial charge in [0.1, 0.15) is 5.69 Å². The molecule has 1 N–H and O–H groups in total. The summed E-state index contributed by atoms with van der Waals surface area (Å²) in [5, 5.41) is 5.33. The van der Waals surface area contributed by atoms with Crippen LogP contribution in [0.3, 0.4) is 0 Å². The van der Waals surface area contributed by atoms with Crippen LogP contribution in [0.2, 0.25) is 0 Å². The molecule has 1 amide bonds. The number of rotatable bonds is 4. The lowest BCUT2D eigenvalue weighted by Gasteiger charge is -2.32. The Morgan fingerprint density at radius 3 is 3.08 bits per heavy atom. The number of nitrogens with one attached hydrogen (secondary N) is 1. The topological polar surface area (TPSA) is 46.5 Å². The van der Waals surface area contributed by atoms with Crippen LogP contribution >= 0.6 is 11.3 Å². The number of amides is 1. The van der Waals surface area contributed by atoms with Crippen LogP contribution in [0.15, 0.2) is 35.8 Å². The molecular formula is C18H23N3O2S. The van der Waals surface area contributed by atoms with Crippen LogP contribution in [0.5, 0.6) is 0 Å². The van der Waals surface area contributed by atoms with E-state index in [2.05, 4.69) is 27.7 Å². The zero-order valence-corrected chi connectivity index (χ0v) is 14.7. The lowest BCUT2D eigenvalue weighted by molar-refractivity contribution is -0.0210. The molecule has 3 atom stereocenters. The summed E-state index contributed by atoms with van der Waals surface area (Å²) in [6.45, 7) is 2.59. The summed E-state index contributed by atoms with van der Waals surface area (Å²) in [6, 6.07) is 8.48. The van der Waals surface area contributed by atoms with Crippen LogP contribution in [-0.2, 0) is 18.3 Å². The minimum Gasteiger partial charge on any atom is -0.374 e. The summed E-state index contributed by atoms with van der Waals surface area (Å²) in [5.41, 5.74) is 0.694. The molecular weight excluding hydrogens is 322 g/mol. The zero-order chi connectivity index (χ0) is 16.5. The van der Waals surface area contributed by atoms with Crippen molar-refractivity contribution in [1.82, 2.24) is 14.8 Å². The maximum Gasteiger partial charge on any atom is 0.268 e. The normalized spacial score (nSPS) is 27.1. The molecule has 2 aliphatic heterocycles. The van der Waals surface area contributed by atoms with Gasteiger partial charge in [0.05, 0.1) is 12.1 Å². The quantitative estimate of drug-likeness (QED) is 0.924. The Labute approximate surface area is 146 Å². The highest BCUT2D eigenvalue weighted by Gasteiger charge is 2.44. The van der Waals surface area contributed by atoms with Crippen molar-refractivity contribution in [3.63, 3.8) is 0 Å². The summed E-state index contributed by atoms with van der Waals surface area (Å²) in [6.07, 6.45) is 4.24. The molecule has 2 saturated heterocycles. The second kappa shape index (κ2) is 6.70. The van der Waals surface area contributed by atoms with Crippen molar-refractivity contribution in [1.29, 1.82) is 0 Å². The number of hydrogen-bond acceptors (Lipinski definition) is 4. The highest BCUT2D eigenvalue weighted by molar-refractivity contribution is 7.09. The van der Waals surface area contributed by atoms with Crippen LogP contribution in [0, 0.1) is 0 Å². The van der Waals surface area contributed by atoms with Gasteiger partial charge < -0.3 is 14.6 Å². The zero-order valence-electron chi connectivity index (χ0n) is 13.9. The monoisotopic (exact) mass is 345 g/mol. The molecule has 2 fully saturated rings. The average Bonchev–Trinajstić information content (AvgIpc) is 3.30. The fourth-order valence-electron chi connectivity index (χ4n) is 3.91. The van der Waals surface area contributed by atoms with Crippen molar-refractivity contribution < 1.29 is 9.53 Å². The van der Waals surface area contributed by atoms with E-state index in [1.165, 1.54) is 4.88 Å². The van der Waals surface area contributed by atoms with Crippen molar-refractivity contribution in [3.8, 4) is 0 Å². The second-order valence-corrected chi connectivity index (χ2v) is 7.67. The number of aryl methyl sites for hydroxylation is 1. The molecule has 0 bridgehead atoms. The van der Waals surface area contributed by atoms with Gasteiger partial charge in [-0.3, -0.25) is 9.69 Å². The van der Waals surface area contributed by atoms with Gasteiger partial charge in [-0.05, 0) is 36.4 Å². The molecule has 0 aliphatic carbocycles. The van der Waals surface area contributed by atoms with Crippen molar-refractivity contribution in [2.45, 2.75) is 37.6 Å².